The number of urea groups is 1. The summed E-state index contributed by atoms with van der Waals surface area (Å²) < 4.78 is 0. The van der Waals surface area contributed by atoms with Crippen LogP contribution in [0.1, 0.15) is 32.8 Å². The minimum Gasteiger partial charge on any atom is -0.393 e. The van der Waals surface area contributed by atoms with Gasteiger partial charge in [0, 0.05) is 6.54 Å². The van der Waals surface area contributed by atoms with Crippen LogP contribution in [-0.2, 0) is 0 Å². The van der Waals surface area contributed by atoms with Crippen molar-refractivity contribution in [2.45, 2.75) is 40.2 Å². The minimum atomic E-state index is -0.388. The van der Waals surface area contributed by atoms with E-state index in [1.54, 1.807) is 13.0 Å². The van der Waals surface area contributed by atoms with E-state index in [1.165, 1.54) is 0 Å². The van der Waals surface area contributed by atoms with Gasteiger partial charge in [-0.1, -0.05) is 31.5 Å². The summed E-state index contributed by atoms with van der Waals surface area (Å²) in [7, 11) is 0. The van der Waals surface area contributed by atoms with Gasteiger partial charge in [-0.15, -0.1) is 0 Å². The number of aliphatic hydroxyl groups excluding tert-OH is 1. The maximum atomic E-state index is 11.9. The van der Waals surface area contributed by atoms with E-state index in [-0.39, 0.29) is 17.6 Å². The zero-order valence-electron chi connectivity index (χ0n) is 12.5. The number of carbonyl (C=O) groups is 1. The molecule has 1 rings (SSSR count). The SMILES string of the molecule is Cc1ccc(Cl)c(NC(=O)NCC(C)(C)CC(C)O)c1. The molecule has 5 heteroatoms. The minimum absolute atomic E-state index is 0.165. The molecule has 1 atom stereocenters. The third kappa shape index (κ3) is 5.80. The second-order valence-electron chi connectivity index (χ2n) is 6.01. The Morgan fingerprint density at radius 1 is 1.45 bits per heavy atom. The highest BCUT2D eigenvalue weighted by molar-refractivity contribution is 6.33. The molecule has 0 saturated carbocycles. The van der Waals surface area contributed by atoms with E-state index in [0.29, 0.717) is 23.7 Å². The average molecular weight is 299 g/mol. The summed E-state index contributed by atoms with van der Waals surface area (Å²) in [5.41, 5.74) is 1.46. The Hall–Kier alpha value is -1.26. The first-order valence-electron chi connectivity index (χ1n) is 6.69. The number of hydrogen-bond acceptors (Lipinski definition) is 2. The summed E-state index contributed by atoms with van der Waals surface area (Å²) in [6.45, 7) is 8.16. The van der Waals surface area contributed by atoms with Gasteiger partial charge in [-0.25, -0.2) is 4.79 Å². The van der Waals surface area contributed by atoms with Gasteiger partial charge < -0.3 is 15.7 Å². The van der Waals surface area contributed by atoms with Crippen LogP contribution >= 0.6 is 11.6 Å². The number of halogens is 1. The van der Waals surface area contributed by atoms with Crippen LogP contribution in [-0.4, -0.2) is 23.8 Å². The van der Waals surface area contributed by atoms with Gasteiger partial charge in [0.1, 0.15) is 0 Å². The number of aliphatic hydroxyl groups is 1. The molecule has 0 aliphatic carbocycles. The van der Waals surface area contributed by atoms with Crippen molar-refractivity contribution in [1.82, 2.24) is 5.32 Å². The second-order valence-corrected chi connectivity index (χ2v) is 6.42. The van der Waals surface area contributed by atoms with E-state index in [2.05, 4.69) is 10.6 Å². The Labute approximate surface area is 125 Å². The van der Waals surface area contributed by atoms with Crippen LogP contribution in [0.5, 0.6) is 0 Å². The molecule has 0 aromatic heterocycles. The summed E-state index contributed by atoms with van der Waals surface area (Å²) in [5.74, 6) is 0. The van der Waals surface area contributed by atoms with Crippen LogP contribution in [0.15, 0.2) is 18.2 Å². The number of hydrogen-bond donors (Lipinski definition) is 3. The zero-order valence-corrected chi connectivity index (χ0v) is 13.2. The summed E-state index contributed by atoms with van der Waals surface area (Å²) in [5, 5.41) is 15.5. The summed E-state index contributed by atoms with van der Waals surface area (Å²) in [6.07, 6.45) is 0.236. The highest BCUT2D eigenvalue weighted by Gasteiger charge is 2.21. The average Bonchev–Trinajstić information content (AvgIpc) is 2.30. The molecule has 0 aliphatic rings. The molecule has 0 spiro atoms. The molecule has 1 aromatic rings. The molecule has 20 heavy (non-hydrogen) atoms. The number of amides is 2. The zero-order chi connectivity index (χ0) is 15.3. The van der Waals surface area contributed by atoms with Crippen molar-refractivity contribution in [3.63, 3.8) is 0 Å². The molecule has 0 fully saturated rings. The van der Waals surface area contributed by atoms with E-state index in [4.69, 9.17) is 11.6 Å². The maximum absolute atomic E-state index is 11.9. The van der Waals surface area contributed by atoms with Gasteiger partial charge in [0.2, 0.25) is 0 Å². The lowest BCUT2D eigenvalue weighted by Gasteiger charge is -2.26. The molecular weight excluding hydrogens is 276 g/mol. The van der Waals surface area contributed by atoms with Gasteiger partial charge >= 0.3 is 6.03 Å². The Balaban J connectivity index is 2.54. The second kappa shape index (κ2) is 6.95. The van der Waals surface area contributed by atoms with Gasteiger partial charge in [0.15, 0.2) is 0 Å². The predicted molar refractivity (Wildman–Crippen MR) is 83.3 cm³/mol. The van der Waals surface area contributed by atoms with Crippen LogP contribution < -0.4 is 10.6 Å². The van der Waals surface area contributed by atoms with Crippen molar-refractivity contribution >= 4 is 23.3 Å². The summed E-state index contributed by atoms with van der Waals surface area (Å²) in [6, 6.07) is 5.17. The smallest absolute Gasteiger partial charge is 0.319 e. The molecule has 112 valence electrons. The molecule has 0 aliphatic heterocycles. The molecule has 0 heterocycles. The normalized spacial score (nSPS) is 12.9. The Morgan fingerprint density at radius 2 is 2.10 bits per heavy atom. The Bertz CT molecular complexity index is 473. The Kier molecular flexibility index (Phi) is 5.84. The molecular formula is C15H23ClN2O2. The van der Waals surface area contributed by atoms with Crippen LogP contribution in [0.2, 0.25) is 5.02 Å². The first-order chi connectivity index (χ1) is 9.19. The lowest BCUT2D eigenvalue weighted by molar-refractivity contribution is 0.129. The third-order valence-electron chi connectivity index (χ3n) is 2.95. The first kappa shape index (κ1) is 16.8. The van der Waals surface area contributed by atoms with Gasteiger partial charge in [0.05, 0.1) is 16.8 Å². The molecule has 1 unspecified atom stereocenters. The van der Waals surface area contributed by atoms with Gasteiger partial charge in [-0.3, -0.25) is 0 Å². The number of aryl methyl sites for hydroxylation is 1. The van der Waals surface area contributed by atoms with Crippen molar-refractivity contribution in [2.24, 2.45) is 5.41 Å². The highest BCUT2D eigenvalue weighted by atomic mass is 35.5. The van der Waals surface area contributed by atoms with Gasteiger partial charge in [-0.2, -0.15) is 0 Å². The van der Waals surface area contributed by atoms with Crippen molar-refractivity contribution in [1.29, 1.82) is 0 Å². The number of rotatable bonds is 5. The third-order valence-corrected chi connectivity index (χ3v) is 3.28. The van der Waals surface area contributed by atoms with Gasteiger partial charge in [-0.05, 0) is 43.4 Å². The lowest BCUT2D eigenvalue weighted by atomic mass is 9.87. The van der Waals surface area contributed by atoms with Crippen LogP contribution in [0, 0.1) is 12.3 Å². The molecule has 2 amide bonds. The van der Waals surface area contributed by atoms with Crippen LogP contribution in [0.3, 0.4) is 0 Å². The first-order valence-corrected chi connectivity index (χ1v) is 7.06. The number of carbonyl (C=O) groups excluding carboxylic acids is 1. The monoisotopic (exact) mass is 298 g/mol. The fraction of sp³-hybridized carbons (Fsp3) is 0.533. The molecule has 0 bridgehead atoms. The Morgan fingerprint density at radius 3 is 2.70 bits per heavy atom. The van der Waals surface area contributed by atoms with E-state index in [0.717, 1.165) is 5.56 Å². The largest absolute Gasteiger partial charge is 0.393 e. The quantitative estimate of drug-likeness (QED) is 0.778. The summed E-state index contributed by atoms with van der Waals surface area (Å²) in [4.78, 5) is 11.9. The molecule has 4 nitrogen and oxygen atoms in total. The van der Waals surface area contributed by atoms with E-state index < -0.39 is 0 Å². The predicted octanol–water partition coefficient (Wildman–Crippen LogP) is 3.57. The summed E-state index contributed by atoms with van der Waals surface area (Å²) >= 11 is 6.02. The fourth-order valence-corrected chi connectivity index (χ4v) is 2.26. The fourth-order valence-electron chi connectivity index (χ4n) is 2.09. The molecule has 0 saturated heterocycles. The topological polar surface area (TPSA) is 61.4 Å². The molecule has 0 radical (unpaired) electrons. The maximum Gasteiger partial charge on any atom is 0.319 e. The van der Waals surface area contributed by atoms with Crippen molar-refractivity contribution in [3.8, 4) is 0 Å². The van der Waals surface area contributed by atoms with Gasteiger partial charge in [0.25, 0.3) is 0 Å². The molecule has 1 aromatic carbocycles. The van der Waals surface area contributed by atoms with Crippen LogP contribution in [0.25, 0.3) is 0 Å². The van der Waals surface area contributed by atoms with Crippen LogP contribution in [0.4, 0.5) is 10.5 Å². The van der Waals surface area contributed by atoms with E-state index in [1.807, 2.05) is 32.9 Å². The lowest BCUT2D eigenvalue weighted by Crippen LogP contribution is -2.38. The standard InChI is InChI=1S/C15H23ClN2O2/c1-10-5-6-12(16)13(7-10)18-14(20)17-9-15(3,4)8-11(2)19/h5-7,11,19H,8-9H2,1-4H3,(H2,17,18,20). The number of benzene rings is 1. The van der Waals surface area contributed by atoms with Crippen molar-refractivity contribution < 1.29 is 9.90 Å². The molecule has 3 N–H and O–H groups in total. The van der Waals surface area contributed by atoms with E-state index >= 15 is 0 Å². The van der Waals surface area contributed by atoms with E-state index in [9.17, 15) is 9.90 Å². The number of nitrogens with one attached hydrogen (secondary N) is 2. The van der Waals surface area contributed by atoms with Crippen molar-refractivity contribution in [3.05, 3.63) is 28.8 Å². The highest BCUT2D eigenvalue weighted by Crippen LogP contribution is 2.23. The number of anilines is 1. The van der Waals surface area contributed by atoms with Crippen molar-refractivity contribution in [2.75, 3.05) is 11.9 Å².